The predicted octanol–water partition coefficient (Wildman–Crippen LogP) is 5.02. The molecular weight excluding hydrogens is 316 g/mol. The summed E-state index contributed by atoms with van der Waals surface area (Å²) in [6, 6.07) is 6.55. The van der Waals surface area contributed by atoms with Crippen molar-refractivity contribution >= 4 is 27.5 Å². The summed E-state index contributed by atoms with van der Waals surface area (Å²) in [6.07, 6.45) is 7.41. The topological polar surface area (TPSA) is 34.4 Å². The SMILES string of the molecule is C=CCn1c(=NC(=O)C2CCCCC2)sc2cc(C(C)C)ccc21. The monoisotopic (exact) mass is 342 g/mol. The lowest BCUT2D eigenvalue weighted by Gasteiger charge is -2.17. The third-order valence-corrected chi connectivity index (χ3v) is 5.89. The fourth-order valence-corrected chi connectivity index (χ4v) is 4.47. The second-order valence-electron chi connectivity index (χ2n) is 6.95. The third kappa shape index (κ3) is 3.54. The molecule has 1 aromatic carbocycles. The van der Waals surface area contributed by atoms with Crippen LogP contribution < -0.4 is 4.80 Å². The van der Waals surface area contributed by atoms with Gasteiger partial charge in [-0.15, -0.1) is 6.58 Å². The van der Waals surface area contributed by atoms with E-state index in [-0.39, 0.29) is 11.8 Å². The maximum atomic E-state index is 12.6. The van der Waals surface area contributed by atoms with Crippen LogP contribution in [0.1, 0.15) is 57.4 Å². The Bertz CT molecular complexity index is 807. The highest BCUT2D eigenvalue weighted by Gasteiger charge is 2.21. The molecule has 3 rings (SSSR count). The van der Waals surface area contributed by atoms with Crippen LogP contribution in [0, 0.1) is 5.92 Å². The average molecular weight is 343 g/mol. The molecule has 0 bridgehead atoms. The lowest BCUT2D eigenvalue weighted by Crippen LogP contribution is -2.21. The lowest BCUT2D eigenvalue weighted by atomic mass is 9.89. The van der Waals surface area contributed by atoms with Crippen molar-refractivity contribution in [2.24, 2.45) is 10.9 Å². The van der Waals surface area contributed by atoms with Gasteiger partial charge in [0.25, 0.3) is 5.91 Å². The molecule has 2 aromatic rings. The standard InChI is InChI=1S/C20H26N2OS/c1-4-12-22-17-11-10-16(14(2)3)13-18(17)24-20(22)21-19(23)15-8-6-5-7-9-15/h4,10-11,13-15H,1,5-9,12H2,2-3H3. The molecule has 1 saturated carbocycles. The molecule has 24 heavy (non-hydrogen) atoms. The van der Waals surface area contributed by atoms with Gasteiger partial charge in [0.1, 0.15) is 0 Å². The van der Waals surface area contributed by atoms with Gasteiger partial charge in [-0.2, -0.15) is 4.99 Å². The quantitative estimate of drug-likeness (QED) is 0.718. The number of hydrogen-bond acceptors (Lipinski definition) is 2. The summed E-state index contributed by atoms with van der Waals surface area (Å²) in [5, 5.41) is 0. The number of benzene rings is 1. The second kappa shape index (κ2) is 7.47. The van der Waals surface area contributed by atoms with E-state index in [2.05, 4.69) is 48.2 Å². The van der Waals surface area contributed by atoms with Crippen LogP contribution in [0.25, 0.3) is 10.2 Å². The summed E-state index contributed by atoms with van der Waals surface area (Å²) in [4.78, 5) is 17.9. The first-order valence-corrected chi connectivity index (χ1v) is 9.74. The number of amides is 1. The number of hydrogen-bond donors (Lipinski definition) is 0. The van der Waals surface area contributed by atoms with Gasteiger partial charge in [-0.1, -0.05) is 56.6 Å². The number of carbonyl (C=O) groups excluding carboxylic acids is 1. The summed E-state index contributed by atoms with van der Waals surface area (Å²) in [5.74, 6) is 0.670. The Morgan fingerprint density at radius 3 is 2.79 bits per heavy atom. The maximum Gasteiger partial charge on any atom is 0.251 e. The van der Waals surface area contributed by atoms with E-state index in [9.17, 15) is 4.79 Å². The molecule has 0 saturated heterocycles. The molecule has 0 radical (unpaired) electrons. The number of aromatic nitrogens is 1. The number of thiazole rings is 1. The van der Waals surface area contributed by atoms with Gasteiger partial charge in [0.05, 0.1) is 10.2 Å². The van der Waals surface area contributed by atoms with Crippen LogP contribution in [0.3, 0.4) is 0 Å². The maximum absolute atomic E-state index is 12.6. The van der Waals surface area contributed by atoms with Crippen molar-refractivity contribution in [3.63, 3.8) is 0 Å². The Balaban J connectivity index is 2.04. The molecule has 0 atom stereocenters. The van der Waals surface area contributed by atoms with Gasteiger partial charge in [0, 0.05) is 12.5 Å². The van der Waals surface area contributed by atoms with E-state index in [0.29, 0.717) is 12.5 Å². The largest absolute Gasteiger partial charge is 0.313 e. The number of rotatable bonds is 4. The number of carbonyl (C=O) groups is 1. The van der Waals surface area contributed by atoms with E-state index in [1.807, 2.05) is 6.08 Å². The molecule has 1 amide bonds. The second-order valence-corrected chi connectivity index (χ2v) is 7.96. The summed E-state index contributed by atoms with van der Waals surface area (Å²) < 4.78 is 3.30. The summed E-state index contributed by atoms with van der Waals surface area (Å²) in [6.45, 7) is 8.93. The van der Waals surface area contributed by atoms with Gasteiger partial charge in [-0.05, 0) is 36.5 Å². The average Bonchev–Trinajstić information content (AvgIpc) is 2.92. The molecule has 1 aromatic heterocycles. The highest BCUT2D eigenvalue weighted by Crippen LogP contribution is 2.26. The van der Waals surface area contributed by atoms with Crippen LogP contribution >= 0.6 is 11.3 Å². The van der Waals surface area contributed by atoms with Gasteiger partial charge in [-0.3, -0.25) is 4.79 Å². The van der Waals surface area contributed by atoms with Gasteiger partial charge < -0.3 is 4.57 Å². The molecule has 1 aliphatic rings. The zero-order chi connectivity index (χ0) is 17.1. The van der Waals surface area contributed by atoms with Crippen molar-refractivity contribution in [2.45, 2.75) is 58.4 Å². The zero-order valence-electron chi connectivity index (χ0n) is 14.6. The highest BCUT2D eigenvalue weighted by atomic mass is 32.1. The van der Waals surface area contributed by atoms with Crippen molar-refractivity contribution in [3.8, 4) is 0 Å². The fourth-order valence-electron chi connectivity index (χ4n) is 3.37. The first kappa shape index (κ1) is 17.2. The minimum atomic E-state index is 0.0585. The van der Waals surface area contributed by atoms with Gasteiger partial charge in [-0.25, -0.2) is 0 Å². The molecule has 4 heteroatoms. The van der Waals surface area contributed by atoms with E-state index in [0.717, 1.165) is 36.0 Å². The third-order valence-electron chi connectivity index (χ3n) is 4.85. The molecule has 0 unspecified atom stereocenters. The highest BCUT2D eigenvalue weighted by molar-refractivity contribution is 7.16. The number of allylic oxidation sites excluding steroid dienone is 1. The Morgan fingerprint density at radius 2 is 2.12 bits per heavy atom. The van der Waals surface area contributed by atoms with Crippen LogP contribution in [0.5, 0.6) is 0 Å². The van der Waals surface area contributed by atoms with E-state index in [1.54, 1.807) is 11.3 Å². The normalized spacial score (nSPS) is 16.9. The summed E-state index contributed by atoms with van der Waals surface area (Å²) in [5.41, 5.74) is 2.46. The van der Waals surface area contributed by atoms with Crippen LogP contribution in [0.4, 0.5) is 0 Å². The molecule has 3 nitrogen and oxygen atoms in total. The molecule has 1 fully saturated rings. The van der Waals surface area contributed by atoms with E-state index >= 15 is 0 Å². The van der Waals surface area contributed by atoms with Gasteiger partial charge in [0.2, 0.25) is 0 Å². The van der Waals surface area contributed by atoms with Crippen molar-refractivity contribution in [1.29, 1.82) is 0 Å². The summed E-state index contributed by atoms with van der Waals surface area (Å²) >= 11 is 1.62. The molecular formula is C20H26N2OS. The van der Waals surface area contributed by atoms with E-state index in [4.69, 9.17) is 0 Å². The molecule has 1 aliphatic carbocycles. The van der Waals surface area contributed by atoms with Crippen molar-refractivity contribution in [3.05, 3.63) is 41.2 Å². The molecule has 0 N–H and O–H groups in total. The Morgan fingerprint density at radius 1 is 1.38 bits per heavy atom. The van der Waals surface area contributed by atoms with Crippen LogP contribution in [0.15, 0.2) is 35.8 Å². The molecule has 1 heterocycles. The Labute approximate surface area is 147 Å². The Hall–Kier alpha value is -1.68. The number of fused-ring (bicyclic) bond motifs is 1. The minimum Gasteiger partial charge on any atom is -0.313 e. The Kier molecular flexibility index (Phi) is 5.34. The first-order valence-electron chi connectivity index (χ1n) is 8.93. The van der Waals surface area contributed by atoms with Crippen LogP contribution in [-0.2, 0) is 11.3 Å². The predicted molar refractivity (Wildman–Crippen MR) is 101 cm³/mol. The van der Waals surface area contributed by atoms with Gasteiger partial charge in [0.15, 0.2) is 4.80 Å². The minimum absolute atomic E-state index is 0.0585. The zero-order valence-corrected chi connectivity index (χ0v) is 15.4. The summed E-state index contributed by atoms with van der Waals surface area (Å²) in [7, 11) is 0. The fraction of sp³-hybridized carbons (Fsp3) is 0.500. The van der Waals surface area contributed by atoms with Crippen molar-refractivity contribution in [2.75, 3.05) is 0 Å². The lowest BCUT2D eigenvalue weighted by molar-refractivity contribution is -0.122. The molecule has 0 aliphatic heterocycles. The number of nitrogens with zero attached hydrogens (tertiary/aromatic N) is 2. The molecule has 0 spiro atoms. The molecule has 128 valence electrons. The van der Waals surface area contributed by atoms with Crippen LogP contribution in [0.2, 0.25) is 0 Å². The van der Waals surface area contributed by atoms with E-state index in [1.165, 1.54) is 16.7 Å². The smallest absolute Gasteiger partial charge is 0.251 e. The van der Waals surface area contributed by atoms with Crippen molar-refractivity contribution in [1.82, 2.24) is 4.57 Å². The van der Waals surface area contributed by atoms with Gasteiger partial charge >= 0.3 is 0 Å². The van der Waals surface area contributed by atoms with E-state index < -0.39 is 0 Å². The van der Waals surface area contributed by atoms with Crippen molar-refractivity contribution < 1.29 is 4.79 Å². The van der Waals surface area contributed by atoms with Crippen LogP contribution in [-0.4, -0.2) is 10.5 Å². The first-order chi connectivity index (χ1) is 11.6.